The van der Waals surface area contributed by atoms with E-state index >= 15 is 0 Å². The number of thiocarbonyl (C=S) groups is 1. The third kappa shape index (κ3) is 7.17. The first kappa shape index (κ1) is 24.4. The molecule has 0 saturated heterocycles. The molecule has 7 heteroatoms. The number of ether oxygens (including phenoxy) is 2. The molecule has 3 aromatic rings. The summed E-state index contributed by atoms with van der Waals surface area (Å²) >= 11 is 7.26. The maximum absolute atomic E-state index is 5.98. The Kier molecular flexibility index (Phi) is 8.48. The fourth-order valence-corrected chi connectivity index (χ4v) is 5.20. The summed E-state index contributed by atoms with van der Waals surface area (Å²) < 4.78 is 11.9. The van der Waals surface area contributed by atoms with Gasteiger partial charge in [-0.1, -0.05) is 43.0 Å². The summed E-state index contributed by atoms with van der Waals surface area (Å²) in [6.45, 7) is 9.40. The predicted octanol–water partition coefficient (Wildman–Crippen LogP) is 5.60. The van der Waals surface area contributed by atoms with Crippen molar-refractivity contribution in [1.29, 1.82) is 0 Å². The molecule has 0 atom stereocenters. The lowest BCUT2D eigenvalue weighted by Gasteiger charge is -2.22. The number of benzene rings is 2. The maximum Gasteiger partial charge on any atom is 0.269 e. The Hall–Kier alpha value is -2.19. The molecule has 3 rings (SSSR count). The van der Waals surface area contributed by atoms with Crippen LogP contribution in [0.5, 0.6) is 11.5 Å². The normalized spacial score (nSPS) is 11.4. The molecule has 0 fully saturated rings. The van der Waals surface area contributed by atoms with E-state index in [1.165, 1.54) is 10.8 Å². The zero-order valence-electron chi connectivity index (χ0n) is 19.5. The quantitative estimate of drug-likeness (QED) is 0.291. The zero-order chi connectivity index (χ0) is 23.1. The highest BCUT2D eigenvalue weighted by Crippen LogP contribution is 2.22. The number of thiophene rings is 1. The molecular formula is C25H32N2O2S2Si. The highest BCUT2D eigenvalue weighted by Gasteiger charge is 2.16. The predicted molar refractivity (Wildman–Crippen MR) is 144 cm³/mol. The van der Waals surface area contributed by atoms with Crippen LogP contribution in [0.2, 0.25) is 19.6 Å². The van der Waals surface area contributed by atoms with E-state index in [2.05, 4.69) is 60.5 Å². The minimum absolute atomic E-state index is 0.401. The lowest BCUT2D eigenvalue weighted by atomic mass is 10.3. The fraction of sp³-hybridized carbons (Fsp3) is 0.320. The molecular weight excluding hydrogens is 453 g/mol. The van der Waals surface area contributed by atoms with Crippen LogP contribution in [0.1, 0.15) is 5.56 Å². The summed E-state index contributed by atoms with van der Waals surface area (Å²) in [4.78, 5) is 4.12. The highest BCUT2D eigenvalue weighted by molar-refractivity contribution is 7.80. The zero-order valence-corrected chi connectivity index (χ0v) is 22.1. The van der Waals surface area contributed by atoms with Crippen LogP contribution in [0.25, 0.3) is 0 Å². The van der Waals surface area contributed by atoms with Gasteiger partial charge in [0.1, 0.15) is 18.1 Å². The second-order valence-corrected chi connectivity index (χ2v) is 15.1. The van der Waals surface area contributed by atoms with Gasteiger partial charge in [-0.05, 0) is 65.9 Å². The smallest absolute Gasteiger partial charge is 0.269 e. The van der Waals surface area contributed by atoms with Crippen LogP contribution in [0.4, 0.5) is 5.69 Å². The molecule has 170 valence electrons. The molecule has 0 unspecified atom stereocenters. The van der Waals surface area contributed by atoms with Crippen LogP contribution in [-0.4, -0.2) is 45.4 Å². The third-order valence-corrected chi connectivity index (χ3v) is 8.33. The number of hydrogen-bond acceptors (Lipinski definition) is 5. The maximum atomic E-state index is 5.98. The Morgan fingerprint density at radius 2 is 1.75 bits per heavy atom. The van der Waals surface area contributed by atoms with Crippen LogP contribution in [0.15, 0.2) is 65.4 Å². The van der Waals surface area contributed by atoms with Gasteiger partial charge in [0.2, 0.25) is 0 Å². The van der Waals surface area contributed by atoms with E-state index in [1.54, 1.807) is 11.3 Å². The van der Waals surface area contributed by atoms with E-state index < -0.39 is 8.07 Å². The SMILES string of the molecule is CN(CCOc1cccc(N(C)C(=S)Oc2ccc([Si](C)(C)C)cc2)c1)Cc1ccsc1. The fourth-order valence-electron chi connectivity index (χ4n) is 3.17. The Bertz CT molecular complexity index is 1000. The minimum atomic E-state index is -1.33. The van der Waals surface area contributed by atoms with Crippen molar-refractivity contribution in [3.63, 3.8) is 0 Å². The van der Waals surface area contributed by atoms with Crippen molar-refractivity contribution >= 4 is 47.7 Å². The number of likely N-dealkylation sites (N-methyl/N-ethyl adjacent to an activating group) is 1. The van der Waals surface area contributed by atoms with Crippen LogP contribution in [0, 0.1) is 0 Å². The second kappa shape index (κ2) is 11.1. The molecule has 32 heavy (non-hydrogen) atoms. The van der Waals surface area contributed by atoms with Crippen LogP contribution >= 0.6 is 23.6 Å². The molecule has 0 aliphatic carbocycles. The summed E-state index contributed by atoms with van der Waals surface area (Å²) in [6.07, 6.45) is 0. The van der Waals surface area contributed by atoms with E-state index in [0.717, 1.165) is 30.3 Å². The van der Waals surface area contributed by atoms with Gasteiger partial charge in [0.25, 0.3) is 5.17 Å². The lowest BCUT2D eigenvalue weighted by Crippen LogP contribution is -2.37. The first-order valence-corrected chi connectivity index (χ1v) is 15.6. The van der Waals surface area contributed by atoms with Gasteiger partial charge in [0.15, 0.2) is 0 Å². The third-order valence-electron chi connectivity index (χ3n) is 5.18. The molecule has 0 bridgehead atoms. The number of hydrogen-bond donors (Lipinski definition) is 0. The van der Waals surface area contributed by atoms with Crippen molar-refractivity contribution in [2.75, 3.05) is 32.1 Å². The molecule has 1 aromatic heterocycles. The summed E-state index contributed by atoms with van der Waals surface area (Å²) in [5.74, 6) is 1.57. The van der Waals surface area contributed by atoms with Gasteiger partial charge in [0, 0.05) is 31.9 Å². The van der Waals surface area contributed by atoms with Crippen LogP contribution < -0.4 is 19.6 Å². The van der Waals surface area contributed by atoms with Gasteiger partial charge >= 0.3 is 0 Å². The van der Waals surface area contributed by atoms with E-state index in [1.807, 2.05) is 48.3 Å². The van der Waals surface area contributed by atoms with Crippen molar-refractivity contribution < 1.29 is 9.47 Å². The van der Waals surface area contributed by atoms with Crippen molar-refractivity contribution in [2.45, 2.75) is 26.2 Å². The molecule has 0 amide bonds. The Morgan fingerprint density at radius 1 is 1.00 bits per heavy atom. The second-order valence-electron chi connectivity index (χ2n) is 8.92. The van der Waals surface area contributed by atoms with Gasteiger partial charge in [-0.2, -0.15) is 11.3 Å². The average molecular weight is 485 g/mol. The Morgan fingerprint density at radius 3 is 2.41 bits per heavy atom. The number of rotatable bonds is 9. The van der Waals surface area contributed by atoms with Crippen molar-refractivity contribution in [3.8, 4) is 11.5 Å². The molecule has 1 heterocycles. The Labute approximate surface area is 202 Å². The van der Waals surface area contributed by atoms with Crippen LogP contribution in [0.3, 0.4) is 0 Å². The number of nitrogens with zero attached hydrogens (tertiary/aromatic N) is 2. The molecule has 4 nitrogen and oxygen atoms in total. The summed E-state index contributed by atoms with van der Waals surface area (Å²) in [5.41, 5.74) is 2.27. The Balaban J connectivity index is 1.52. The summed E-state index contributed by atoms with van der Waals surface area (Å²) in [6, 6.07) is 18.4. The summed E-state index contributed by atoms with van der Waals surface area (Å²) in [7, 11) is 2.69. The lowest BCUT2D eigenvalue weighted by molar-refractivity contribution is 0.233. The number of anilines is 1. The van der Waals surface area contributed by atoms with Gasteiger partial charge in [0.05, 0.1) is 8.07 Å². The minimum Gasteiger partial charge on any atom is -0.492 e. The van der Waals surface area contributed by atoms with Gasteiger partial charge in [-0.25, -0.2) is 0 Å². The van der Waals surface area contributed by atoms with Gasteiger partial charge < -0.3 is 14.4 Å². The monoisotopic (exact) mass is 484 g/mol. The molecule has 0 spiro atoms. The standard InChI is InChI=1S/C25H32N2O2S2Si/c1-26(18-20-13-16-31-19-20)14-15-28-23-8-6-7-21(17-23)27(2)25(30)29-22-9-11-24(12-10-22)32(3,4)5/h6-13,16-17,19H,14-15,18H2,1-5H3. The summed E-state index contributed by atoms with van der Waals surface area (Å²) in [5, 5.41) is 6.09. The van der Waals surface area contributed by atoms with Crippen LogP contribution in [-0.2, 0) is 6.54 Å². The molecule has 0 saturated carbocycles. The van der Waals surface area contributed by atoms with E-state index in [4.69, 9.17) is 21.7 Å². The van der Waals surface area contributed by atoms with E-state index in [9.17, 15) is 0 Å². The molecule has 0 radical (unpaired) electrons. The molecule has 2 aromatic carbocycles. The van der Waals surface area contributed by atoms with Crippen molar-refractivity contribution in [3.05, 3.63) is 70.9 Å². The average Bonchev–Trinajstić information content (AvgIpc) is 3.26. The van der Waals surface area contributed by atoms with Crippen molar-refractivity contribution in [2.24, 2.45) is 0 Å². The van der Waals surface area contributed by atoms with E-state index in [-0.39, 0.29) is 0 Å². The van der Waals surface area contributed by atoms with Gasteiger partial charge in [-0.15, -0.1) is 0 Å². The highest BCUT2D eigenvalue weighted by atomic mass is 32.1. The van der Waals surface area contributed by atoms with Crippen molar-refractivity contribution in [1.82, 2.24) is 4.90 Å². The van der Waals surface area contributed by atoms with Gasteiger partial charge in [-0.3, -0.25) is 4.90 Å². The molecule has 0 N–H and O–H groups in total. The first-order valence-electron chi connectivity index (χ1n) is 10.7. The van der Waals surface area contributed by atoms with E-state index in [0.29, 0.717) is 11.8 Å². The molecule has 0 aliphatic rings. The topological polar surface area (TPSA) is 24.9 Å². The largest absolute Gasteiger partial charge is 0.492 e. The molecule has 0 aliphatic heterocycles. The first-order chi connectivity index (χ1) is 15.2.